The fourth-order valence-electron chi connectivity index (χ4n) is 2.98. The Balaban J connectivity index is 2.14. The van der Waals surface area contributed by atoms with Crippen LogP contribution in [0, 0.1) is 18.7 Å². The number of benzene rings is 1. The molecule has 3 nitrogen and oxygen atoms in total. The largest absolute Gasteiger partial charge is 0.389 e. The molecule has 118 valence electrons. The molecule has 0 spiro atoms. The molecule has 1 fully saturated rings. The van der Waals surface area contributed by atoms with Crippen LogP contribution in [-0.4, -0.2) is 42.7 Å². The number of piperazine rings is 1. The number of hydrogen-bond acceptors (Lipinski definition) is 3. The lowest BCUT2D eigenvalue weighted by atomic mass is 10.0. The van der Waals surface area contributed by atoms with Crippen LogP contribution in [0.25, 0.3) is 0 Å². The van der Waals surface area contributed by atoms with Gasteiger partial charge in [0, 0.05) is 44.0 Å². The molecule has 1 N–H and O–H groups in total. The zero-order valence-electron chi connectivity index (χ0n) is 13.6. The highest BCUT2D eigenvalue weighted by Crippen LogP contribution is 2.30. The number of hydrogen-bond donors (Lipinski definition) is 1. The Morgan fingerprint density at radius 1 is 1.14 bits per heavy atom. The van der Waals surface area contributed by atoms with Crippen LogP contribution in [0.5, 0.6) is 0 Å². The topological polar surface area (TPSA) is 26.7 Å². The maximum Gasteiger partial charge on any atom is 0.126 e. The van der Waals surface area contributed by atoms with Crippen molar-refractivity contribution in [3.63, 3.8) is 0 Å². The molecule has 1 aliphatic heterocycles. The number of rotatable bonds is 4. The second kappa shape index (κ2) is 6.75. The first kappa shape index (κ1) is 16.2. The maximum absolute atomic E-state index is 13.8. The van der Waals surface area contributed by atoms with Crippen molar-refractivity contribution in [2.24, 2.45) is 5.92 Å². The van der Waals surface area contributed by atoms with Crippen molar-refractivity contribution in [1.29, 1.82) is 0 Å². The third kappa shape index (κ3) is 3.95. The van der Waals surface area contributed by atoms with Crippen LogP contribution in [0.3, 0.4) is 0 Å². The van der Waals surface area contributed by atoms with Crippen LogP contribution >= 0.6 is 0 Å². The Morgan fingerprint density at radius 3 is 2.29 bits per heavy atom. The number of anilines is 1. The predicted molar refractivity (Wildman–Crippen MR) is 85.3 cm³/mol. The number of aryl methyl sites for hydroxylation is 1. The zero-order chi connectivity index (χ0) is 15.6. The van der Waals surface area contributed by atoms with Crippen LogP contribution in [0.4, 0.5) is 10.1 Å². The second-order valence-corrected chi connectivity index (χ2v) is 6.52. The first-order valence-corrected chi connectivity index (χ1v) is 7.84. The summed E-state index contributed by atoms with van der Waals surface area (Å²) >= 11 is 0. The van der Waals surface area contributed by atoms with E-state index in [1.165, 1.54) is 6.07 Å². The van der Waals surface area contributed by atoms with Crippen molar-refractivity contribution >= 4 is 5.69 Å². The molecule has 0 unspecified atom stereocenters. The average molecular weight is 294 g/mol. The highest BCUT2D eigenvalue weighted by atomic mass is 19.1. The fourth-order valence-corrected chi connectivity index (χ4v) is 2.98. The van der Waals surface area contributed by atoms with E-state index in [0.29, 0.717) is 17.0 Å². The van der Waals surface area contributed by atoms with Gasteiger partial charge in [0.2, 0.25) is 0 Å². The van der Waals surface area contributed by atoms with E-state index in [1.54, 1.807) is 13.8 Å². The summed E-state index contributed by atoms with van der Waals surface area (Å²) in [5.74, 6) is 0.436. The van der Waals surface area contributed by atoms with Gasteiger partial charge in [0.25, 0.3) is 0 Å². The lowest BCUT2D eigenvalue weighted by molar-refractivity contribution is 0.198. The van der Waals surface area contributed by atoms with Crippen molar-refractivity contribution in [2.75, 3.05) is 37.6 Å². The Morgan fingerprint density at radius 2 is 1.76 bits per heavy atom. The summed E-state index contributed by atoms with van der Waals surface area (Å²) in [4.78, 5) is 4.74. The summed E-state index contributed by atoms with van der Waals surface area (Å²) in [5.41, 5.74) is 2.31. The first-order chi connectivity index (χ1) is 9.88. The molecule has 1 saturated heterocycles. The quantitative estimate of drug-likeness (QED) is 0.925. The molecular weight excluding hydrogens is 267 g/mol. The number of aliphatic hydroxyl groups excluding tert-OH is 1. The molecule has 0 bridgehead atoms. The van der Waals surface area contributed by atoms with E-state index in [2.05, 4.69) is 23.6 Å². The molecule has 2 rings (SSSR count). The normalized spacial score (nSPS) is 18.3. The van der Waals surface area contributed by atoms with Crippen LogP contribution in [0.2, 0.25) is 0 Å². The van der Waals surface area contributed by atoms with Crippen LogP contribution in [-0.2, 0) is 0 Å². The van der Waals surface area contributed by atoms with Gasteiger partial charge in [0.1, 0.15) is 5.82 Å². The molecule has 1 aromatic carbocycles. The SMILES string of the molecule is Cc1cc(N2CCN(CC(C)C)CC2)c([C@H](C)O)cc1F. The van der Waals surface area contributed by atoms with Gasteiger partial charge < -0.3 is 10.0 Å². The standard InChI is InChI=1S/C17H27FN2O/c1-12(2)11-19-5-7-20(8-6-19)17-9-13(3)16(18)10-15(17)14(4)21/h9-10,12,14,21H,5-8,11H2,1-4H3/t14-/m0/s1. The van der Waals surface area contributed by atoms with E-state index in [4.69, 9.17) is 0 Å². The number of nitrogens with zero attached hydrogens (tertiary/aromatic N) is 2. The predicted octanol–water partition coefficient (Wildman–Crippen LogP) is 2.97. The molecule has 0 aromatic heterocycles. The molecule has 1 heterocycles. The monoisotopic (exact) mass is 294 g/mol. The van der Waals surface area contributed by atoms with Gasteiger partial charge in [0.05, 0.1) is 6.10 Å². The molecule has 0 saturated carbocycles. The first-order valence-electron chi connectivity index (χ1n) is 7.84. The fraction of sp³-hybridized carbons (Fsp3) is 0.647. The average Bonchev–Trinajstić information content (AvgIpc) is 2.41. The van der Waals surface area contributed by atoms with E-state index < -0.39 is 6.10 Å². The van der Waals surface area contributed by atoms with Crippen LogP contribution < -0.4 is 4.90 Å². The second-order valence-electron chi connectivity index (χ2n) is 6.52. The van der Waals surface area contributed by atoms with E-state index in [9.17, 15) is 9.50 Å². The smallest absolute Gasteiger partial charge is 0.126 e. The van der Waals surface area contributed by atoms with E-state index in [1.807, 2.05) is 6.07 Å². The minimum atomic E-state index is -0.649. The Hall–Kier alpha value is -1.13. The van der Waals surface area contributed by atoms with E-state index >= 15 is 0 Å². The summed E-state index contributed by atoms with van der Waals surface area (Å²) in [6.07, 6.45) is -0.649. The van der Waals surface area contributed by atoms with Crippen molar-refractivity contribution in [3.05, 3.63) is 29.1 Å². The summed E-state index contributed by atoms with van der Waals surface area (Å²) in [7, 11) is 0. The van der Waals surface area contributed by atoms with E-state index in [-0.39, 0.29) is 5.82 Å². The number of aliphatic hydroxyl groups is 1. The van der Waals surface area contributed by atoms with Gasteiger partial charge >= 0.3 is 0 Å². The third-order valence-corrected chi connectivity index (χ3v) is 4.09. The van der Waals surface area contributed by atoms with Gasteiger partial charge in [-0.1, -0.05) is 13.8 Å². The van der Waals surface area contributed by atoms with Crippen LogP contribution in [0.15, 0.2) is 12.1 Å². The van der Waals surface area contributed by atoms with Gasteiger partial charge in [-0.25, -0.2) is 4.39 Å². The number of halogens is 1. The highest BCUT2D eigenvalue weighted by Gasteiger charge is 2.22. The lowest BCUT2D eigenvalue weighted by Crippen LogP contribution is -2.47. The minimum absolute atomic E-state index is 0.243. The molecule has 0 radical (unpaired) electrons. The molecule has 4 heteroatoms. The third-order valence-electron chi connectivity index (χ3n) is 4.09. The summed E-state index contributed by atoms with van der Waals surface area (Å²) in [6.45, 7) is 13.0. The van der Waals surface area contributed by atoms with Crippen molar-refractivity contribution in [3.8, 4) is 0 Å². The molecule has 1 aliphatic rings. The molecule has 0 amide bonds. The molecule has 21 heavy (non-hydrogen) atoms. The van der Waals surface area contributed by atoms with Gasteiger partial charge in [-0.3, -0.25) is 4.90 Å². The molecule has 1 aromatic rings. The summed E-state index contributed by atoms with van der Waals surface area (Å²) in [6, 6.07) is 3.35. The molecular formula is C17H27FN2O. The Labute approximate surface area is 127 Å². The van der Waals surface area contributed by atoms with Crippen molar-refractivity contribution in [1.82, 2.24) is 4.90 Å². The molecule has 0 aliphatic carbocycles. The Kier molecular flexibility index (Phi) is 5.22. The summed E-state index contributed by atoms with van der Waals surface area (Å²) < 4.78 is 13.8. The van der Waals surface area contributed by atoms with Gasteiger partial charge in [-0.15, -0.1) is 0 Å². The van der Waals surface area contributed by atoms with Crippen molar-refractivity contribution in [2.45, 2.75) is 33.8 Å². The lowest BCUT2D eigenvalue weighted by Gasteiger charge is -2.38. The highest BCUT2D eigenvalue weighted by molar-refractivity contribution is 5.57. The van der Waals surface area contributed by atoms with Gasteiger partial charge in [-0.2, -0.15) is 0 Å². The molecule has 1 atom stereocenters. The van der Waals surface area contributed by atoms with Crippen LogP contribution in [0.1, 0.15) is 38.0 Å². The van der Waals surface area contributed by atoms with Crippen molar-refractivity contribution < 1.29 is 9.50 Å². The Bertz CT molecular complexity index is 480. The van der Waals surface area contributed by atoms with Gasteiger partial charge in [-0.05, 0) is 37.5 Å². The van der Waals surface area contributed by atoms with E-state index in [0.717, 1.165) is 38.4 Å². The van der Waals surface area contributed by atoms with Gasteiger partial charge in [0.15, 0.2) is 0 Å². The zero-order valence-corrected chi connectivity index (χ0v) is 13.6. The summed E-state index contributed by atoms with van der Waals surface area (Å²) in [5, 5.41) is 9.92. The minimum Gasteiger partial charge on any atom is -0.389 e. The maximum atomic E-state index is 13.8.